The summed E-state index contributed by atoms with van der Waals surface area (Å²) in [6.45, 7) is 0.705. The van der Waals surface area contributed by atoms with E-state index in [1.807, 2.05) is 30.3 Å². The van der Waals surface area contributed by atoms with Gasteiger partial charge in [0.1, 0.15) is 0 Å². The van der Waals surface area contributed by atoms with Gasteiger partial charge in [-0.05, 0) is 5.56 Å². The number of aromatic nitrogens is 2. The van der Waals surface area contributed by atoms with E-state index in [1.165, 1.54) is 5.56 Å². The summed E-state index contributed by atoms with van der Waals surface area (Å²) in [5.74, 6) is 3.06. The molecule has 0 bridgehead atoms. The summed E-state index contributed by atoms with van der Waals surface area (Å²) in [7, 11) is 0. The van der Waals surface area contributed by atoms with Crippen LogP contribution in [0.4, 0.5) is 5.95 Å². The average molecular weight is 209 g/mol. The van der Waals surface area contributed by atoms with Gasteiger partial charge in [-0.3, -0.25) is 0 Å². The minimum Gasteiger partial charge on any atom is -0.350 e. The molecule has 0 spiro atoms. The average Bonchev–Trinajstić information content (AvgIpc) is 2.38. The van der Waals surface area contributed by atoms with E-state index < -0.39 is 0 Å². The molecule has 1 aromatic carbocycles. The van der Waals surface area contributed by atoms with Gasteiger partial charge >= 0.3 is 0 Å². The Morgan fingerprint density at radius 1 is 1.12 bits per heavy atom. The van der Waals surface area contributed by atoms with Crippen LogP contribution >= 0.6 is 0 Å². The smallest absolute Gasteiger partial charge is 0.222 e. The molecule has 2 aromatic rings. The summed E-state index contributed by atoms with van der Waals surface area (Å²) in [5, 5.41) is 3.12. The lowest BCUT2D eigenvalue weighted by molar-refractivity contribution is 1.05. The molecule has 0 amide bonds. The third-order valence-electron chi connectivity index (χ3n) is 2.11. The fraction of sp³-hybridized carbons (Fsp3) is 0.0769. The molecular formula is C13H11N3. The molecule has 1 aromatic heterocycles. The SMILES string of the molecule is C#Cc1cnc(NCc2ccccc2)nc1. The van der Waals surface area contributed by atoms with Crippen molar-refractivity contribution in [1.82, 2.24) is 9.97 Å². The third kappa shape index (κ3) is 2.58. The summed E-state index contributed by atoms with van der Waals surface area (Å²) in [5.41, 5.74) is 1.87. The van der Waals surface area contributed by atoms with Crippen LogP contribution in [-0.2, 0) is 6.54 Å². The predicted octanol–water partition coefficient (Wildman–Crippen LogP) is 2.07. The highest BCUT2D eigenvalue weighted by Crippen LogP contribution is 2.03. The number of hydrogen-bond donors (Lipinski definition) is 1. The van der Waals surface area contributed by atoms with Gasteiger partial charge < -0.3 is 5.32 Å². The van der Waals surface area contributed by atoms with E-state index >= 15 is 0 Å². The minimum atomic E-state index is 0.586. The highest BCUT2D eigenvalue weighted by atomic mass is 15.1. The fourth-order valence-corrected chi connectivity index (χ4v) is 1.27. The molecule has 0 aliphatic rings. The van der Waals surface area contributed by atoms with Crippen LogP contribution in [0, 0.1) is 12.3 Å². The number of benzene rings is 1. The first-order valence-electron chi connectivity index (χ1n) is 4.95. The zero-order valence-corrected chi connectivity index (χ0v) is 8.72. The van der Waals surface area contributed by atoms with Gasteiger partial charge in [0.15, 0.2) is 0 Å². The normalized spacial score (nSPS) is 9.44. The van der Waals surface area contributed by atoms with Gasteiger partial charge in [0, 0.05) is 18.9 Å². The van der Waals surface area contributed by atoms with E-state index in [0.717, 1.165) is 0 Å². The molecule has 78 valence electrons. The zero-order valence-electron chi connectivity index (χ0n) is 8.72. The molecule has 0 aliphatic carbocycles. The molecule has 0 fully saturated rings. The lowest BCUT2D eigenvalue weighted by Crippen LogP contribution is -2.03. The third-order valence-corrected chi connectivity index (χ3v) is 2.11. The highest BCUT2D eigenvalue weighted by Gasteiger charge is 1.95. The van der Waals surface area contributed by atoms with E-state index in [-0.39, 0.29) is 0 Å². The standard InChI is InChI=1S/C13H11N3/c1-2-11-8-14-13(15-9-11)16-10-12-6-4-3-5-7-12/h1,3-9H,10H2,(H,14,15,16). The summed E-state index contributed by atoms with van der Waals surface area (Å²) < 4.78 is 0. The Morgan fingerprint density at radius 3 is 2.44 bits per heavy atom. The number of rotatable bonds is 3. The second-order valence-electron chi connectivity index (χ2n) is 3.28. The molecule has 1 N–H and O–H groups in total. The largest absolute Gasteiger partial charge is 0.350 e. The van der Waals surface area contributed by atoms with Gasteiger partial charge in [-0.15, -0.1) is 6.42 Å². The quantitative estimate of drug-likeness (QED) is 0.786. The van der Waals surface area contributed by atoms with Crippen LogP contribution in [0.3, 0.4) is 0 Å². The van der Waals surface area contributed by atoms with E-state index in [4.69, 9.17) is 6.42 Å². The molecule has 2 rings (SSSR count). The molecule has 0 unspecified atom stereocenters. The van der Waals surface area contributed by atoms with Gasteiger partial charge in [0.25, 0.3) is 0 Å². The van der Waals surface area contributed by atoms with Crippen LogP contribution in [0.2, 0.25) is 0 Å². The molecule has 0 saturated carbocycles. The van der Waals surface area contributed by atoms with Crippen molar-refractivity contribution in [2.24, 2.45) is 0 Å². The number of hydrogen-bond acceptors (Lipinski definition) is 3. The number of terminal acetylenes is 1. The van der Waals surface area contributed by atoms with Crippen molar-refractivity contribution >= 4 is 5.95 Å². The molecule has 3 heteroatoms. The Kier molecular flexibility index (Phi) is 3.15. The first-order chi connectivity index (χ1) is 7.88. The molecule has 16 heavy (non-hydrogen) atoms. The lowest BCUT2D eigenvalue weighted by Gasteiger charge is -2.03. The number of anilines is 1. The summed E-state index contributed by atoms with van der Waals surface area (Å²) >= 11 is 0. The Balaban J connectivity index is 1.98. The summed E-state index contributed by atoms with van der Waals surface area (Å²) in [6, 6.07) is 10.1. The summed E-state index contributed by atoms with van der Waals surface area (Å²) in [4.78, 5) is 8.20. The molecule has 3 nitrogen and oxygen atoms in total. The molecule has 0 atom stereocenters. The van der Waals surface area contributed by atoms with Gasteiger partial charge in [-0.25, -0.2) is 9.97 Å². The van der Waals surface area contributed by atoms with Crippen LogP contribution in [0.5, 0.6) is 0 Å². The maximum absolute atomic E-state index is 5.21. The Morgan fingerprint density at radius 2 is 1.81 bits per heavy atom. The van der Waals surface area contributed by atoms with Crippen LogP contribution in [0.1, 0.15) is 11.1 Å². The van der Waals surface area contributed by atoms with Crippen molar-refractivity contribution in [3.05, 3.63) is 53.9 Å². The Labute approximate surface area is 94.6 Å². The van der Waals surface area contributed by atoms with Crippen molar-refractivity contribution in [2.45, 2.75) is 6.54 Å². The Bertz CT molecular complexity index is 483. The summed E-state index contributed by atoms with van der Waals surface area (Å²) in [6.07, 6.45) is 8.47. The first kappa shape index (κ1) is 10.2. The van der Waals surface area contributed by atoms with Crippen molar-refractivity contribution in [1.29, 1.82) is 0 Å². The maximum Gasteiger partial charge on any atom is 0.222 e. The van der Waals surface area contributed by atoms with Crippen LogP contribution in [-0.4, -0.2) is 9.97 Å². The zero-order chi connectivity index (χ0) is 11.2. The van der Waals surface area contributed by atoms with Gasteiger partial charge in [-0.2, -0.15) is 0 Å². The second-order valence-corrected chi connectivity index (χ2v) is 3.28. The van der Waals surface area contributed by atoms with Crippen molar-refractivity contribution in [2.75, 3.05) is 5.32 Å². The second kappa shape index (κ2) is 4.94. The Hall–Kier alpha value is -2.34. The number of nitrogens with zero attached hydrogens (tertiary/aromatic N) is 2. The van der Waals surface area contributed by atoms with E-state index in [1.54, 1.807) is 12.4 Å². The topological polar surface area (TPSA) is 37.8 Å². The fourth-order valence-electron chi connectivity index (χ4n) is 1.27. The predicted molar refractivity (Wildman–Crippen MR) is 63.7 cm³/mol. The first-order valence-corrected chi connectivity index (χ1v) is 4.95. The van der Waals surface area contributed by atoms with Crippen LogP contribution in [0.15, 0.2) is 42.7 Å². The van der Waals surface area contributed by atoms with Crippen molar-refractivity contribution < 1.29 is 0 Å². The van der Waals surface area contributed by atoms with E-state index in [2.05, 4.69) is 21.2 Å². The number of nitrogens with one attached hydrogen (secondary N) is 1. The maximum atomic E-state index is 5.21. The molecule has 0 radical (unpaired) electrons. The van der Waals surface area contributed by atoms with Crippen molar-refractivity contribution in [3.63, 3.8) is 0 Å². The lowest BCUT2D eigenvalue weighted by atomic mass is 10.2. The van der Waals surface area contributed by atoms with Crippen molar-refractivity contribution in [3.8, 4) is 12.3 Å². The van der Waals surface area contributed by atoms with E-state index in [0.29, 0.717) is 18.1 Å². The van der Waals surface area contributed by atoms with Gasteiger partial charge in [-0.1, -0.05) is 36.3 Å². The molecule has 1 heterocycles. The van der Waals surface area contributed by atoms with Crippen LogP contribution < -0.4 is 5.32 Å². The molecule has 0 aliphatic heterocycles. The van der Waals surface area contributed by atoms with Gasteiger partial charge in [0.2, 0.25) is 5.95 Å². The minimum absolute atomic E-state index is 0.586. The molecular weight excluding hydrogens is 198 g/mol. The van der Waals surface area contributed by atoms with Gasteiger partial charge in [0.05, 0.1) is 5.56 Å². The molecule has 0 saturated heterocycles. The highest BCUT2D eigenvalue weighted by molar-refractivity contribution is 5.33. The van der Waals surface area contributed by atoms with E-state index in [9.17, 15) is 0 Å². The van der Waals surface area contributed by atoms with Crippen LogP contribution in [0.25, 0.3) is 0 Å². The monoisotopic (exact) mass is 209 g/mol.